The van der Waals surface area contributed by atoms with Gasteiger partial charge in [-0.2, -0.15) is 0 Å². The monoisotopic (exact) mass is 445 g/mol. The molecule has 0 fully saturated rings. The molecule has 2 aromatic carbocycles. The van der Waals surface area contributed by atoms with Crippen molar-refractivity contribution in [2.45, 2.75) is 37.6 Å². The fraction of sp³-hybridized carbons (Fsp3) is 0.250. The molecule has 0 aliphatic carbocycles. The summed E-state index contributed by atoms with van der Waals surface area (Å²) in [5.74, 6) is 0.882. The maximum Gasteiger partial charge on any atom is 0.234 e. The van der Waals surface area contributed by atoms with Crippen molar-refractivity contribution >= 4 is 29.0 Å². The Hall–Kier alpha value is -3.23. The van der Waals surface area contributed by atoms with Crippen LogP contribution in [-0.4, -0.2) is 36.8 Å². The van der Waals surface area contributed by atoms with Crippen LogP contribution in [0.3, 0.4) is 0 Å². The van der Waals surface area contributed by atoms with Gasteiger partial charge in [-0.05, 0) is 26.0 Å². The Balaban J connectivity index is 1.51. The van der Waals surface area contributed by atoms with Gasteiger partial charge >= 0.3 is 0 Å². The molecule has 0 saturated heterocycles. The Morgan fingerprint density at radius 1 is 1.09 bits per heavy atom. The van der Waals surface area contributed by atoms with Crippen LogP contribution in [0, 0.1) is 0 Å². The summed E-state index contributed by atoms with van der Waals surface area (Å²) in [5, 5.41) is 12.4. The zero-order chi connectivity index (χ0) is 22.1. The summed E-state index contributed by atoms with van der Waals surface area (Å²) in [6, 6.07) is 19.4. The van der Waals surface area contributed by atoms with E-state index < -0.39 is 0 Å². The van der Waals surface area contributed by atoms with Crippen LogP contribution in [0.15, 0.2) is 65.8 Å². The van der Waals surface area contributed by atoms with Crippen LogP contribution in [0.1, 0.15) is 25.1 Å². The summed E-state index contributed by atoms with van der Waals surface area (Å²) in [7, 11) is 0. The predicted molar refractivity (Wildman–Crippen MR) is 125 cm³/mol. The number of carbonyl (C=O) groups excluding carboxylic acids is 1. The lowest BCUT2D eigenvalue weighted by Gasteiger charge is -2.31. The lowest BCUT2D eigenvalue weighted by Crippen LogP contribution is -2.33. The second kappa shape index (κ2) is 8.37. The largest absolute Gasteiger partial charge is 0.370 e. The lowest BCUT2D eigenvalue weighted by molar-refractivity contribution is -0.113. The number of nitrogens with zero attached hydrogens (tertiary/aromatic N) is 4. The van der Waals surface area contributed by atoms with E-state index in [1.165, 1.54) is 11.8 Å². The quantitative estimate of drug-likeness (QED) is 0.459. The molecule has 0 unspecified atom stereocenters. The minimum absolute atomic E-state index is 0.102. The molecule has 162 valence electrons. The highest BCUT2D eigenvalue weighted by molar-refractivity contribution is 7.99. The van der Waals surface area contributed by atoms with E-state index in [-0.39, 0.29) is 17.3 Å². The van der Waals surface area contributed by atoms with Crippen molar-refractivity contribution in [2.75, 3.05) is 11.1 Å². The smallest absolute Gasteiger partial charge is 0.234 e. The molecule has 1 aliphatic heterocycles. The number of hydrogen-bond donors (Lipinski definition) is 1. The van der Waals surface area contributed by atoms with Crippen LogP contribution >= 0.6 is 11.8 Å². The zero-order valence-corrected chi connectivity index (χ0v) is 18.7. The van der Waals surface area contributed by atoms with Crippen LogP contribution in [0.2, 0.25) is 0 Å². The number of rotatable bonds is 5. The first kappa shape index (κ1) is 20.7. The Labute approximate surface area is 190 Å². The van der Waals surface area contributed by atoms with E-state index in [2.05, 4.69) is 29.4 Å². The number of benzene rings is 2. The lowest BCUT2D eigenvalue weighted by atomic mass is 9.96. The first-order chi connectivity index (χ1) is 15.5. The molecule has 7 nitrogen and oxygen atoms in total. The van der Waals surface area contributed by atoms with Gasteiger partial charge in [0.15, 0.2) is 10.8 Å². The van der Waals surface area contributed by atoms with Crippen LogP contribution in [0.5, 0.6) is 0 Å². The Bertz CT molecular complexity index is 1270. The third-order valence-electron chi connectivity index (χ3n) is 5.33. The average Bonchev–Trinajstić information content (AvgIpc) is 3.22. The van der Waals surface area contributed by atoms with Crippen molar-refractivity contribution in [3.8, 4) is 11.4 Å². The molecule has 5 rings (SSSR count). The topological polar surface area (TPSA) is 81.4 Å². The highest BCUT2D eigenvalue weighted by atomic mass is 32.2. The van der Waals surface area contributed by atoms with Gasteiger partial charge in [0.2, 0.25) is 5.91 Å². The standard InChI is InChI=1S/C24H23N5O2S/c1-24(2)13-19-18(14-31-24)22-27-28-23(29(22)21(26-19)16-9-5-3-6-10-16)32-15-20(30)25-17-11-7-4-8-12-17/h3-12H,13-15H2,1-2H3,(H,25,30). The molecular weight excluding hydrogens is 422 g/mol. The van der Waals surface area contributed by atoms with Gasteiger partial charge in [0.05, 0.1) is 23.7 Å². The van der Waals surface area contributed by atoms with Gasteiger partial charge < -0.3 is 10.1 Å². The first-order valence-corrected chi connectivity index (χ1v) is 11.4. The van der Waals surface area contributed by atoms with Crippen molar-refractivity contribution in [1.82, 2.24) is 19.6 Å². The van der Waals surface area contributed by atoms with Gasteiger partial charge in [-0.3, -0.25) is 9.20 Å². The number of carbonyl (C=O) groups is 1. The molecule has 2 aromatic heterocycles. The molecule has 4 aromatic rings. The number of amides is 1. The van der Waals surface area contributed by atoms with Crippen LogP contribution in [0.25, 0.3) is 17.0 Å². The second-order valence-electron chi connectivity index (χ2n) is 8.30. The van der Waals surface area contributed by atoms with Crippen molar-refractivity contribution in [1.29, 1.82) is 0 Å². The number of ether oxygens (including phenoxy) is 1. The fourth-order valence-corrected chi connectivity index (χ4v) is 4.50. The summed E-state index contributed by atoms with van der Waals surface area (Å²) < 4.78 is 7.97. The van der Waals surface area contributed by atoms with Gasteiger partial charge in [-0.25, -0.2) is 4.98 Å². The predicted octanol–water partition coefficient (Wildman–Crippen LogP) is 4.37. The first-order valence-electron chi connectivity index (χ1n) is 10.4. The van der Waals surface area contributed by atoms with E-state index in [0.29, 0.717) is 18.2 Å². The number of fused-ring (bicyclic) bond motifs is 3. The summed E-state index contributed by atoms with van der Waals surface area (Å²) in [6.45, 7) is 4.58. The van der Waals surface area contributed by atoms with Gasteiger partial charge in [0, 0.05) is 23.2 Å². The summed E-state index contributed by atoms with van der Waals surface area (Å²) in [6.07, 6.45) is 0.702. The average molecular weight is 446 g/mol. The highest BCUT2D eigenvalue weighted by Gasteiger charge is 2.31. The number of para-hydroxylation sites is 1. The van der Waals surface area contributed by atoms with E-state index in [1.807, 2.05) is 65.1 Å². The number of hydrogen-bond acceptors (Lipinski definition) is 6. The summed E-state index contributed by atoms with van der Waals surface area (Å²) in [5.41, 5.74) is 4.13. The molecule has 1 amide bonds. The maximum atomic E-state index is 12.5. The molecule has 0 bridgehead atoms. The molecule has 1 N–H and O–H groups in total. The molecule has 32 heavy (non-hydrogen) atoms. The van der Waals surface area contributed by atoms with Gasteiger partial charge in [-0.1, -0.05) is 60.3 Å². The number of nitrogens with one attached hydrogen (secondary N) is 1. The SMILES string of the molecule is CC1(C)Cc2nc(-c3ccccc3)n3c(SCC(=O)Nc4ccccc4)nnc3c2CO1. The van der Waals surface area contributed by atoms with E-state index in [9.17, 15) is 4.79 Å². The molecule has 1 aliphatic rings. The van der Waals surface area contributed by atoms with E-state index in [1.54, 1.807) is 0 Å². The van der Waals surface area contributed by atoms with Crippen molar-refractivity contribution in [2.24, 2.45) is 0 Å². The molecular formula is C24H23N5O2S. The molecule has 0 saturated carbocycles. The van der Waals surface area contributed by atoms with Crippen LogP contribution in [0.4, 0.5) is 5.69 Å². The molecule has 3 heterocycles. The number of anilines is 1. The Morgan fingerprint density at radius 2 is 1.81 bits per heavy atom. The number of thioether (sulfide) groups is 1. The Kier molecular flexibility index (Phi) is 5.40. The van der Waals surface area contributed by atoms with Crippen molar-refractivity contribution in [3.05, 3.63) is 71.9 Å². The van der Waals surface area contributed by atoms with E-state index >= 15 is 0 Å². The molecule has 0 atom stereocenters. The number of aromatic nitrogens is 4. The minimum Gasteiger partial charge on any atom is -0.370 e. The van der Waals surface area contributed by atoms with E-state index in [4.69, 9.17) is 9.72 Å². The van der Waals surface area contributed by atoms with Gasteiger partial charge in [0.1, 0.15) is 5.82 Å². The fourth-order valence-electron chi connectivity index (χ4n) is 3.77. The minimum atomic E-state index is -0.278. The summed E-state index contributed by atoms with van der Waals surface area (Å²) >= 11 is 1.34. The van der Waals surface area contributed by atoms with Crippen molar-refractivity contribution in [3.63, 3.8) is 0 Å². The second-order valence-corrected chi connectivity index (χ2v) is 9.24. The third-order valence-corrected chi connectivity index (χ3v) is 6.26. The Morgan fingerprint density at radius 3 is 2.56 bits per heavy atom. The normalized spacial score (nSPS) is 14.8. The molecule has 8 heteroatoms. The maximum absolute atomic E-state index is 12.5. The van der Waals surface area contributed by atoms with Gasteiger partial charge in [-0.15, -0.1) is 10.2 Å². The highest BCUT2D eigenvalue weighted by Crippen LogP contribution is 2.33. The van der Waals surface area contributed by atoms with Crippen molar-refractivity contribution < 1.29 is 9.53 Å². The zero-order valence-electron chi connectivity index (χ0n) is 17.9. The summed E-state index contributed by atoms with van der Waals surface area (Å²) in [4.78, 5) is 17.5. The van der Waals surface area contributed by atoms with Crippen LogP contribution < -0.4 is 5.32 Å². The molecule has 0 spiro atoms. The van der Waals surface area contributed by atoms with Gasteiger partial charge in [0.25, 0.3) is 0 Å². The molecule has 0 radical (unpaired) electrons. The van der Waals surface area contributed by atoms with E-state index in [0.717, 1.165) is 34.0 Å². The third kappa shape index (κ3) is 4.11. The van der Waals surface area contributed by atoms with Crippen LogP contribution in [-0.2, 0) is 22.6 Å².